The smallest absolute Gasteiger partial charge is 0.153 e. The van der Waals surface area contributed by atoms with Gasteiger partial charge in [0.2, 0.25) is 0 Å². The van der Waals surface area contributed by atoms with Crippen molar-refractivity contribution < 1.29 is 4.39 Å². The predicted molar refractivity (Wildman–Crippen MR) is 36.0 cm³/mol. The van der Waals surface area contributed by atoms with Crippen LogP contribution in [0.15, 0.2) is 0 Å². The molecule has 0 bridgehead atoms. The zero-order valence-electron chi connectivity index (χ0n) is 6.10. The van der Waals surface area contributed by atoms with Crippen LogP contribution >= 0.6 is 0 Å². The summed E-state index contributed by atoms with van der Waals surface area (Å²) in [5.41, 5.74) is 0. The van der Waals surface area contributed by atoms with Crippen LogP contribution < -0.4 is 0 Å². The zero-order chi connectivity index (χ0) is 6.85. The third-order valence-electron chi connectivity index (χ3n) is 1.79. The summed E-state index contributed by atoms with van der Waals surface area (Å²) in [6, 6.07) is 0.506. The molecule has 2 heteroatoms. The Labute approximate surface area is 55.8 Å². The lowest BCUT2D eigenvalue weighted by Gasteiger charge is -2.06. The van der Waals surface area contributed by atoms with E-state index in [1.165, 1.54) is 0 Å². The molecule has 0 radical (unpaired) electrons. The van der Waals surface area contributed by atoms with E-state index in [1.54, 1.807) is 0 Å². The number of nitrogens with zero attached hydrogens (tertiary/aromatic N) is 1. The second-order valence-corrected chi connectivity index (χ2v) is 2.77. The van der Waals surface area contributed by atoms with Crippen LogP contribution in [0.1, 0.15) is 26.7 Å². The van der Waals surface area contributed by atoms with E-state index in [0.717, 1.165) is 13.0 Å². The molecule has 1 saturated heterocycles. The van der Waals surface area contributed by atoms with Crippen molar-refractivity contribution in [1.82, 2.24) is 4.90 Å². The molecule has 3 atom stereocenters. The fourth-order valence-corrected chi connectivity index (χ4v) is 1.05. The molecule has 0 aliphatic carbocycles. The molecular weight excluding hydrogens is 117 g/mol. The maximum atomic E-state index is 12.8. The average molecular weight is 131 g/mol. The molecular formula is C7H14FN. The molecule has 0 spiro atoms. The van der Waals surface area contributed by atoms with Gasteiger partial charge in [-0.3, -0.25) is 4.90 Å². The van der Waals surface area contributed by atoms with E-state index in [4.69, 9.17) is 0 Å². The highest BCUT2D eigenvalue weighted by atomic mass is 19.1. The Hall–Kier alpha value is -0.110. The average Bonchev–Trinajstić information content (AvgIpc) is 2.47. The van der Waals surface area contributed by atoms with E-state index in [0.29, 0.717) is 12.5 Å². The lowest BCUT2D eigenvalue weighted by atomic mass is 10.3. The summed E-state index contributed by atoms with van der Waals surface area (Å²) in [5.74, 6) is 0. The first kappa shape index (κ1) is 7.00. The Bertz CT molecular complexity index is 94.9. The number of hydrogen-bond donors (Lipinski definition) is 0. The van der Waals surface area contributed by atoms with Gasteiger partial charge >= 0.3 is 0 Å². The highest BCUT2D eigenvalue weighted by molar-refractivity contribution is 4.86. The first-order chi connectivity index (χ1) is 4.25. The monoisotopic (exact) mass is 131 g/mol. The molecule has 3 unspecified atom stereocenters. The van der Waals surface area contributed by atoms with Crippen LogP contribution in [0.2, 0.25) is 0 Å². The molecule has 1 fully saturated rings. The lowest BCUT2D eigenvalue weighted by Crippen LogP contribution is -2.13. The third-order valence-corrected chi connectivity index (χ3v) is 1.79. The second-order valence-electron chi connectivity index (χ2n) is 2.77. The summed E-state index contributed by atoms with van der Waals surface area (Å²) in [4.78, 5) is 1.88. The van der Waals surface area contributed by atoms with Crippen LogP contribution in [0.3, 0.4) is 0 Å². The molecule has 54 valence electrons. The minimum atomic E-state index is -0.662. The fourth-order valence-electron chi connectivity index (χ4n) is 1.05. The van der Waals surface area contributed by atoms with Gasteiger partial charge in [0.25, 0.3) is 0 Å². The zero-order valence-corrected chi connectivity index (χ0v) is 6.10. The summed E-state index contributed by atoms with van der Waals surface area (Å²) in [6.07, 6.45) is 0.986. The minimum absolute atomic E-state index is 0.506. The van der Waals surface area contributed by atoms with E-state index in [9.17, 15) is 4.39 Å². The predicted octanol–water partition coefficient (Wildman–Crippen LogP) is 1.79. The van der Waals surface area contributed by atoms with Crippen LogP contribution in [0, 0.1) is 0 Å². The third kappa shape index (κ3) is 1.65. The molecule has 9 heavy (non-hydrogen) atoms. The summed E-state index contributed by atoms with van der Waals surface area (Å²) in [5, 5.41) is 0. The van der Waals surface area contributed by atoms with E-state index >= 15 is 0 Å². The maximum Gasteiger partial charge on any atom is 0.153 e. The highest BCUT2D eigenvalue weighted by Gasteiger charge is 2.35. The lowest BCUT2D eigenvalue weighted by molar-refractivity contribution is 0.172. The van der Waals surface area contributed by atoms with Crippen LogP contribution in [-0.2, 0) is 0 Å². The Morgan fingerprint density at radius 3 is 2.67 bits per heavy atom. The topological polar surface area (TPSA) is 3.01 Å². The SMILES string of the molecule is CCCC(F)N1CC1C. The van der Waals surface area contributed by atoms with E-state index < -0.39 is 6.30 Å². The van der Waals surface area contributed by atoms with Crippen LogP contribution in [0.25, 0.3) is 0 Å². The normalized spacial score (nSPS) is 36.3. The first-order valence-electron chi connectivity index (χ1n) is 3.65. The summed E-state index contributed by atoms with van der Waals surface area (Å²) in [6.45, 7) is 5.03. The molecule has 1 aliphatic heterocycles. The van der Waals surface area contributed by atoms with Gasteiger partial charge in [-0.05, 0) is 13.3 Å². The molecule has 0 aromatic heterocycles. The Kier molecular flexibility index (Phi) is 2.06. The van der Waals surface area contributed by atoms with Crippen molar-refractivity contribution in [2.75, 3.05) is 6.54 Å². The minimum Gasteiger partial charge on any atom is -0.268 e. The molecule has 0 amide bonds. The maximum absolute atomic E-state index is 12.8. The van der Waals surface area contributed by atoms with Gasteiger partial charge in [0.15, 0.2) is 6.30 Å². The van der Waals surface area contributed by atoms with Gasteiger partial charge < -0.3 is 0 Å². The molecule has 0 saturated carbocycles. The fraction of sp³-hybridized carbons (Fsp3) is 1.00. The van der Waals surface area contributed by atoms with Gasteiger partial charge in [-0.2, -0.15) is 0 Å². The molecule has 1 rings (SSSR count). The van der Waals surface area contributed by atoms with E-state index in [1.807, 2.05) is 11.8 Å². The van der Waals surface area contributed by atoms with Gasteiger partial charge in [-0.1, -0.05) is 13.3 Å². The number of halogens is 1. The summed E-state index contributed by atoms with van der Waals surface area (Å²) < 4.78 is 12.8. The van der Waals surface area contributed by atoms with Crippen molar-refractivity contribution in [3.8, 4) is 0 Å². The van der Waals surface area contributed by atoms with E-state index in [2.05, 4.69) is 6.92 Å². The van der Waals surface area contributed by atoms with Crippen LogP contribution in [0.5, 0.6) is 0 Å². The first-order valence-corrected chi connectivity index (χ1v) is 3.65. The van der Waals surface area contributed by atoms with Crippen LogP contribution in [0.4, 0.5) is 4.39 Å². The second kappa shape index (κ2) is 2.65. The van der Waals surface area contributed by atoms with Gasteiger partial charge in [0.05, 0.1) is 0 Å². The Balaban J connectivity index is 2.11. The number of hydrogen-bond acceptors (Lipinski definition) is 1. The van der Waals surface area contributed by atoms with Crippen molar-refractivity contribution in [2.45, 2.75) is 39.0 Å². The highest BCUT2D eigenvalue weighted by Crippen LogP contribution is 2.23. The van der Waals surface area contributed by atoms with Crippen molar-refractivity contribution in [2.24, 2.45) is 0 Å². The van der Waals surface area contributed by atoms with E-state index in [-0.39, 0.29) is 0 Å². The van der Waals surface area contributed by atoms with Gasteiger partial charge in [0.1, 0.15) is 0 Å². The molecule has 0 aromatic rings. The standard InChI is InChI=1S/C7H14FN/c1-3-4-7(8)9-5-6(9)2/h6-7H,3-5H2,1-2H3. The molecule has 0 N–H and O–H groups in total. The number of alkyl halides is 1. The Morgan fingerprint density at radius 1 is 1.78 bits per heavy atom. The van der Waals surface area contributed by atoms with Gasteiger partial charge in [-0.25, -0.2) is 4.39 Å². The summed E-state index contributed by atoms with van der Waals surface area (Å²) in [7, 11) is 0. The molecule has 1 heterocycles. The van der Waals surface area contributed by atoms with Crippen LogP contribution in [-0.4, -0.2) is 23.8 Å². The van der Waals surface area contributed by atoms with Crippen molar-refractivity contribution in [1.29, 1.82) is 0 Å². The van der Waals surface area contributed by atoms with Gasteiger partial charge in [-0.15, -0.1) is 0 Å². The molecule has 1 nitrogen and oxygen atoms in total. The van der Waals surface area contributed by atoms with Crippen molar-refractivity contribution in [3.05, 3.63) is 0 Å². The number of rotatable bonds is 3. The summed E-state index contributed by atoms with van der Waals surface area (Å²) >= 11 is 0. The molecule has 1 aliphatic rings. The van der Waals surface area contributed by atoms with Crippen molar-refractivity contribution >= 4 is 0 Å². The largest absolute Gasteiger partial charge is 0.268 e. The Morgan fingerprint density at radius 2 is 2.33 bits per heavy atom. The quantitative estimate of drug-likeness (QED) is 0.417. The van der Waals surface area contributed by atoms with Crippen molar-refractivity contribution in [3.63, 3.8) is 0 Å². The van der Waals surface area contributed by atoms with Gasteiger partial charge in [0, 0.05) is 12.6 Å². The molecule has 0 aromatic carbocycles.